The molecule has 0 saturated carbocycles. The van der Waals surface area contributed by atoms with E-state index in [-0.39, 0.29) is 0 Å². The van der Waals surface area contributed by atoms with Crippen molar-refractivity contribution in [2.24, 2.45) is 5.92 Å². The Bertz CT molecular complexity index is 448. The summed E-state index contributed by atoms with van der Waals surface area (Å²) in [5, 5.41) is 4.68. The fourth-order valence-corrected chi connectivity index (χ4v) is 3.47. The zero-order chi connectivity index (χ0) is 15.4. The van der Waals surface area contributed by atoms with Crippen molar-refractivity contribution in [2.45, 2.75) is 46.2 Å². The summed E-state index contributed by atoms with van der Waals surface area (Å²) in [5.41, 5.74) is 1.81. The lowest BCUT2D eigenvalue weighted by molar-refractivity contribution is 0.161. The molecule has 0 radical (unpaired) electrons. The molecule has 5 heteroatoms. The molecule has 1 saturated heterocycles. The lowest BCUT2D eigenvalue weighted by atomic mass is 9.97. The Hall–Kier alpha value is -0.350. The second-order valence-electron chi connectivity index (χ2n) is 6.23. The van der Waals surface area contributed by atoms with Crippen LogP contribution in [0.2, 0.25) is 10.2 Å². The minimum Gasteiger partial charge on any atom is -0.317 e. The molecule has 0 bridgehead atoms. The molecule has 1 N–H and O–H groups in total. The van der Waals surface area contributed by atoms with Crippen molar-refractivity contribution in [2.75, 3.05) is 19.6 Å². The number of aromatic nitrogens is 1. The molecule has 0 spiro atoms. The highest BCUT2D eigenvalue weighted by molar-refractivity contribution is 6.35. The second kappa shape index (κ2) is 7.77. The van der Waals surface area contributed by atoms with Gasteiger partial charge in [0.1, 0.15) is 5.15 Å². The number of hydrogen-bond donors (Lipinski definition) is 1. The highest BCUT2D eigenvalue weighted by atomic mass is 35.5. The largest absolute Gasteiger partial charge is 0.317 e. The van der Waals surface area contributed by atoms with Gasteiger partial charge in [0.05, 0.1) is 0 Å². The van der Waals surface area contributed by atoms with Gasteiger partial charge in [-0.15, -0.1) is 0 Å². The van der Waals surface area contributed by atoms with Gasteiger partial charge >= 0.3 is 0 Å². The van der Waals surface area contributed by atoms with E-state index in [9.17, 15) is 0 Å². The van der Waals surface area contributed by atoms with Gasteiger partial charge in [0.15, 0.2) is 0 Å². The summed E-state index contributed by atoms with van der Waals surface area (Å²) in [5.74, 6) is 0.754. The summed E-state index contributed by atoms with van der Waals surface area (Å²) < 4.78 is 0. The number of nitrogens with one attached hydrogen (secondary N) is 1. The summed E-state index contributed by atoms with van der Waals surface area (Å²) in [4.78, 5) is 6.80. The summed E-state index contributed by atoms with van der Waals surface area (Å²) in [6.07, 6.45) is 2.49. The molecule has 0 aliphatic carbocycles. The Balaban J connectivity index is 2.09. The van der Waals surface area contributed by atoms with E-state index in [2.05, 4.69) is 29.0 Å². The first-order chi connectivity index (χ1) is 9.97. The van der Waals surface area contributed by atoms with E-state index in [4.69, 9.17) is 23.2 Å². The highest BCUT2D eigenvalue weighted by Gasteiger charge is 2.21. The van der Waals surface area contributed by atoms with Crippen LogP contribution >= 0.6 is 23.2 Å². The van der Waals surface area contributed by atoms with Gasteiger partial charge in [-0.3, -0.25) is 4.90 Å². The van der Waals surface area contributed by atoms with E-state index < -0.39 is 0 Å². The zero-order valence-electron chi connectivity index (χ0n) is 13.1. The second-order valence-corrected chi connectivity index (χ2v) is 7.00. The molecule has 1 aromatic heterocycles. The number of hydrogen-bond acceptors (Lipinski definition) is 3. The third-order valence-electron chi connectivity index (χ3n) is 4.19. The monoisotopic (exact) mass is 329 g/mol. The summed E-state index contributed by atoms with van der Waals surface area (Å²) >= 11 is 12.7. The molecule has 2 rings (SSSR count). The van der Waals surface area contributed by atoms with Crippen LogP contribution in [0.4, 0.5) is 0 Å². The average Bonchev–Trinajstić information content (AvgIpc) is 2.42. The van der Waals surface area contributed by atoms with Gasteiger partial charge in [-0.25, -0.2) is 4.98 Å². The van der Waals surface area contributed by atoms with Gasteiger partial charge in [0, 0.05) is 35.4 Å². The number of halogens is 2. The van der Waals surface area contributed by atoms with E-state index in [1.54, 1.807) is 0 Å². The van der Waals surface area contributed by atoms with Crippen LogP contribution in [0.5, 0.6) is 0 Å². The first kappa shape index (κ1) is 17.0. The van der Waals surface area contributed by atoms with E-state index in [0.29, 0.717) is 11.2 Å². The van der Waals surface area contributed by atoms with Crippen LogP contribution in [0.15, 0.2) is 6.07 Å². The van der Waals surface area contributed by atoms with Crippen LogP contribution in [0.25, 0.3) is 0 Å². The summed E-state index contributed by atoms with van der Waals surface area (Å²) in [6, 6.07) is 2.36. The van der Waals surface area contributed by atoms with Crippen molar-refractivity contribution >= 4 is 23.2 Å². The van der Waals surface area contributed by atoms with Crippen molar-refractivity contribution in [3.63, 3.8) is 0 Å². The topological polar surface area (TPSA) is 28.2 Å². The first-order valence-corrected chi connectivity index (χ1v) is 8.49. The smallest absolute Gasteiger partial charge is 0.135 e. The molecule has 0 aromatic carbocycles. The standard InChI is InChI=1S/C16H25Cl2N3/c1-11(2)21(9-13-4-6-19-7-5-13)10-14-15(17)8-12(3)20-16(14)18/h8,11,13,19H,4-7,9-10H2,1-3H3. The van der Waals surface area contributed by atoms with Gasteiger partial charge in [-0.2, -0.15) is 0 Å². The number of piperidine rings is 1. The normalized spacial score (nSPS) is 16.9. The van der Waals surface area contributed by atoms with Gasteiger partial charge in [0.2, 0.25) is 0 Å². The fourth-order valence-electron chi connectivity index (χ4n) is 2.82. The molecule has 0 amide bonds. The first-order valence-electron chi connectivity index (χ1n) is 7.73. The Labute approximate surface area is 138 Å². The molecular weight excluding hydrogens is 305 g/mol. The predicted molar refractivity (Wildman–Crippen MR) is 90.1 cm³/mol. The van der Waals surface area contributed by atoms with Crippen LogP contribution in [-0.4, -0.2) is 35.6 Å². The molecule has 3 nitrogen and oxygen atoms in total. The molecule has 1 aliphatic heterocycles. The van der Waals surface area contributed by atoms with E-state index in [0.717, 1.165) is 48.4 Å². The quantitative estimate of drug-likeness (QED) is 0.830. The fraction of sp³-hybridized carbons (Fsp3) is 0.688. The number of rotatable bonds is 5. The minimum atomic E-state index is 0.466. The maximum absolute atomic E-state index is 6.37. The Kier molecular flexibility index (Phi) is 6.30. The van der Waals surface area contributed by atoms with Crippen molar-refractivity contribution < 1.29 is 0 Å². The maximum atomic E-state index is 6.37. The summed E-state index contributed by atoms with van der Waals surface area (Å²) in [7, 11) is 0. The number of nitrogens with zero attached hydrogens (tertiary/aromatic N) is 2. The molecular formula is C16H25Cl2N3. The maximum Gasteiger partial charge on any atom is 0.135 e. The van der Waals surface area contributed by atoms with Crippen LogP contribution in [0, 0.1) is 12.8 Å². The number of pyridine rings is 1. The lowest BCUT2D eigenvalue weighted by Crippen LogP contribution is -2.39. The van der Waals surface area contributed by atoms with Crippen LogP contribution in [0.3, 0.4) is 0 Å². The Morgan fingerprint density at radius 3 is 2.57 bits per heavy atom. The SMILES string of the molecule is Cc1cc(Cl)c(CN(CC2CCNCC2)C(C)C)c(Cl)n1. The third-order valence-corrected chi connectivity index (χ3v) is 4.84. The zero-order valence-corrected chi connectivity index (χ0v) is 14.6. The molecule has 1 fully saturated rings. The predicted octanol–water partition coefficient (Wildman–Crippen LogP) is 3.91. The molecule has 0 atom stereocenters. The average molecular weight is 330 g/mol. The minimum absolute atomic E-state index is 0.466. The lowest BCUT2D eigenvalue weighted by Gasteiger charge is -2.33. The highest BCUT2D eigenvalue weighted by Crippen LogP contribution is 2.27. The Morgan fingerprint density at radius 1 is 1.33 bits per heavy atom. The molecule has 118 valence electrons. The third kappa shape index (κ3) is 4.82. The molecule has 21 heavy (non-hydrogen) atoms. The van der Waals surface area contributed by atoms with Gasteiger partial charge in [-0.05, 0) is 58.7 Å². The van der Waals surface area contributed by atoms with Crippen molar-refractivity contribution in [1.29, 1.82) is 0 Å². The summed E-state index contributed by atoms with van der Waals surface area (Å²) in [6.45, 7) is 10.5. The molecule has 2 heterocycles. The van der Waals surface area contributed by atoms with Crippen molar-refractivity contribution in [1.82, 2.24) is 15.2 Å². The van der Waals surface area contributed by atoms with Gasteiger partial charge in [-0.1, -0.05) is 23.2 Å². The van der Waals surface area contributed by atoms with E-state index in [1.807, 2.05) is 13.0 Å². The number of aryl methyl sites for hydroxylation is 1. The molecule has 0 unspecified atom stereocenters. The van der Waals surface area contributed by atoms with Gasteiger partial charge < -0.3 is 5.32 Å². The molecule has 1 aromatic rings. The molecule has 1 aliphatic rings. The van der Waals surface area contributed by atoms with E-state index >= 15 is 0 Å². The van der Waals surface area contributed by atoms with Crippen LogP contribution in [-0.2, 0) is 6.54 Å². The van der Waals surface area contributed by atoms with Gasteiger partial charge in [0.25, 0.3) is 0 Å². The Morgan fingerprint density at radius 2 is 2.00 bits per heavy atom. The van der Waals surface area contributed by atoms with E-state index in [1.165, 1.54) is 12.8 Å². The van der Waals surface area contributed by atoms with Crippen molar-refractivity contribution in [3.05, 3.63) is 27.5 Å². The van der Waals surface area contributed by atoms with Crippen LogP contribution < -0.4 is 5.32 Å². The van der Waals surface area contributed by atoms with Crippen molar-refractivity contribution in [3.8, 4) is 0 Å². The van der Waals surface area contributed by atoms with Crippen LogP contribution in [0.1, 0.15) is 37.9 Å².